The smallest absolute Gasteiger partial charge is 0.325 e. The van der Waals surface area contributed by atoms with Gasteiger partial charge in [-0.05, 0) is 29.8 Å². The van der Waals surface area contributed by atoms with E-state index in [2.05, 4.69) is 15.4 Å². The molecule has 0 unspecified atom stereocenters. The van der Waals surface area contributed by atoms with Crippen molar-refractivity contribution in [2.24, 2.45) is 0 Å². The monoisotopic (exact) mass is 439 g/mol. The molecular formula is C23H25N3O6. The molecule has 0 atom stereocenters. The first-order valence-electron chi connectivity index (χ1n) is 10.2. The van der Waals surface area contributed by atoms with Gasteiger partial charge in [0.1, 0.15) is 18.9 Å². The third-order valence-corrected chi connectivity index (χ3v) is 4.86. The topological polar surface area (TPSA) is 114 Å². The minimum atomic E-state index is -0.521. The Hall–Kier alpha value is -3.88. The summed E-state index contributed by atoms with van der Waals surface area (Å²) in [7, 11) is 1.25. The minimum Gasteiger partial charge on any atom is -0.490 e. The van der Waals surface area contributed by atoms with Gasteiger partial charge in [0.2, 0.25) is 17.7 Å². The van der Waals surface area contributed by atoms with Gasteiger partial charge in [-0.2, -0.15) is 0 Å². The zero-order valence-electron chi connectivity index (χ0n) is 17.8. The van der Waals surface area contributed by atoms with Gasteiger partial charge in [-0.25, -0.2) is 0 Å². The van der Waals surface area contributed by atoms with Gasteiger partial charge in [0, 0.05) is 18.5 Å². The number of fused-ring (bicyclic) bond motifs is 1. The van der Waals surface area contributed by atoms with E-state index in [1.807, 2.05) is 24.3 Å². The Labute approximate surface area is 185 Å². The SMILES string of the molecule is COC(=O)CNC(=O)Cc1ccc(NC(=O)CCC(=O)N2CCOc3ccccc32)cc1. The number of methoxy groups -OCH3 is 1. The first kappa shape index (κ1) is 22.8. The predicted molar refractivity (Wildman–Crippen MR) is 117 cm³/mol. The molecule has 0 aromatic heterocycles. The minimum absolute atomic E-state index is 0.0516. The summed E-state index contributed by atoms with van der Waals surface area (Å²) in [4.78, 5) is 49.4. The zero-order valence-corrected chi connectivity index (χ0v) is 17.8. The number of hydrogen-bond donors (Lipinski definition) is 2. The van der Waals surface area contributed by atoms with Crippen LogP contribution in [0, 0.1) is 0 Å². The third kappa shape index (κ3) is 6.31. The maximum absolute atomic E-state index is 12.6. The van der Waals surface area contributed by atoms with Crippen LogP contribution in [0.5, 0.6) is 5.75 Å². The lowest BCUT2D eigenvalue weighted by molar-refractivity contribution is -0.141. The Morgan fingerprint density at radius 2 is 1.75 bits per heavy atom. The molecule has 9 heteroatoms. The maximum Gasteiger partial charge on any atom is 0.325 e. The molecule has 168 valence electrons. The highest BCUT2D eigenvalue weighted by Gasteiger charge is 2.23. The van der Waals surface area contributed by atoms with Crippen molar-refractivity contribution in [3.63, 3.8) is 0 Å². The molecule has 1 aliphatic rings. The van der Waals surface area contributed by atoms with Crippen LogP contribution in [0.1, 0.15) is 18.4 Å². The molecule has 0 radical (unpaired) electrons. The molecule has 3 rings (SSSR count). The number of carbonyl (C=O) groups excluding carboxylic acids is 4. The van der Waals surface area contributed by atoms with Gasteiger partial charge in [0.05, 0.1) is 25.8 Å². The fourth-order valence-corrected chi connectivity index (χ4v) is 3.20. The molecule has 0 aliphatic carbocycles. The molecule has 0 saturated carbocycles. The third-order valence-electron chi connectivity index (χ3n) is 4.86. The molecule has 32 heavy (non-hydrogen) atoms. The van der Waals surface area contributed by atoms with Crippen molar-refractivity contribution in [1.29, 1.82) is 0 Å². The van der Waals surface area contributed by atoms with Gasteiger partial charge in [0.15, 0.2) is 0 Å². The van der Waals surface area contributed by atoms with Crippen LogP contribution in [0.2, 0.25) is 0 Å². The van der Waals surface area contributed by atoms with Crippen molar-refractivity contribution in [1.82, 2.24) is 5.32 Å². The van der Waals surface area contributed by atoms with E-state index in [1.165, 1.54) is 7.11 Å². The fourth-order valence-electron chi connectivity index (χ4n) is 3.20. The van der Waals surface area contributed by atoms with Gasteiger partial charge < -0.3 is 25.0 Å². The van der Waals surface area contributed by atoms with E-state index in [0.29, 0.717) is 24.6 Å². The molecule has 1 heterocycles. The first-order valence-corrected chi connectivity index (χ1v) is 10.2. The van der Waals surface area contributed by atoms with E-state index in [-0.39, 0.29) is 43.5 Å². The average Bonchev–Trinajstić information content (AvgIpc) is 2.81. The van der Waals surface area contributed by atoms with Gasteiger partial charge in [-0.1, -0.05) is 24.3 Å². The van der Waals surface area contributed by atoms with E-state index in [0.717, 1.165) is 11.3 Å². The lowest BCUT2D eigenvalue weighted by Crippen LogP contribution is -2.38. The van der Waals surface area contributed by atoms with Crippen molar-refractivity contribution in [2.45, 2.75) is 19.3 Å². The molecule has 2 aromatic rings. The van der Waals surface area contributed by atoms with Crippen molar-refractivity contribution in [3.8, 4) is 5.75 Å². The van der Waals surface area contributed by atoms with Crippen LogP contribution in [0.4, 0.5) is 11.4 Å². The van der Waals surface area contributed by atoms with Crippen LogP contribution in [0.3, 0.4) is 0 Å². The van der Waals surface area contributed by atoms with Crippen molar-refractivity contribution in [2.75, 3.05) is 37.0 Å². The number of nitrogens with zero attached hydrogens (tertiary/aromatic N) is 1. The predicted octanol–water partition coefficient (Wildman–Crippen LogP) is 1.66. The summed E-state index contributed by atoms with van der Waals surface area (Å²) in [5.41, 5.74) is 2.01. The molecule has 2 aromatic carbocycles. The standard InChI is InChI=1S/C23H25N3O6/c1-31-23(30)15-24-21(28)14-16-6-8-17(9-7-16)25-20(27)10-11-22(29)26-12-13-32-19-5-3-2-4-18(19)26/h2-9H,10-15H2,1H3,(H,24,28)(H,25,27). The van der Waals surface area contributed by atoms with Gasteiger partial charge >= 0.3 is 5.97 Å². The summed E-state index contributed by atoms with van der Waals surface area (Å²) in [5, 5.41) is 5.21. The van der Waals surface area contributed by atoms with Crippen LogP contribution in [0.25, 0.3) is 0 Å². The molecule has 0 fully saturated rings. The van der Waals surface area contributed by atoms with E-state index in [1.54, 1.807) is 29.2 Å². The zero-order chi connectivity index (χ0) is 22.9. The molecule has 9 nitrogen and oxygen atoms in total. The second kappa shape index (κ2) is 10.9. The average molecular weight is 439 g/mol. The number of amides is 3. The number of para-hydroxylation sites is 2. The van der Waals surface area contributed by atoms with Gasteiger partial charge in [-0.15, -0.1) is 0 Å². The van der Waals surface area contributed by atoms with Crippen LogP contribution in [0.15, 0.2) is 48.5 Å². The summed E-state index contributed by atoms with van der Waals surface area (Å²) in [6.07, 6.45) is 0.232. The summed E-state index contributed by atoms with van der Waals surface area (Å²) < 4.78 is 10.0. The summed E-state index contributed by atoms with van der Waals surface area (Å²) in [5.74, 6) is -0.577. The maximum atomic E-state index is 12.6. The summed E-state index contributed by atoms with van der Waals surface area (Å²) in [6.45, 7) is 0.687. The Kier molecular flexibility index (Phi) is 7.80. The lowest BCUT2D eigenvalue weighted by Gasteiger charge is -2.29. The normalized spacial score (nSPS) is 12.2. The lowest BCUT2D eigenvalue weighted by atomic mass is 10.1. The van der Waals surface area contributed by atoms with E-state index < -0.39 is 5.97 Å². The number of benzene rings is 2. The highest BCUT2D eigenvalue weighted by molar-refractivity contribution is 5.99. The largest absolute Gasteiger partial charge is 0.490 e. The highest BCUT2D eigenvalue weighted by atomic mass is 16.5. The Bertz CT molecular complexity index is 989. The molecule has 0 saturated heterocycles. The second-order valence-electron chi connectivity index (χ2n) is 7.14. The Balaban J connectivity index is 1.45. The number of anilines is 2. The highest BCUT2D eigenvalue weighted by Crippen LogP contribution is 2.31. The quantitative estimate of drug-likeness (QED) is 0.605. The molecule has 2 N–H and O–H groups in total. The fraction of sp³-hybridized carbons (Fsp3) is 0.304. The Morgan fingerprint density at radius 1 is 1.00 bits per heavy atom. The molecular weight excluding hydrogens is 414 g/mol. The number of esters is 1. The first-order chi connectivity index (χ1) is 15.5. The molecule has 0 bridgehead atoms. The number of nitrogens with one attached hydrogen (secondary N) is 2. The molecule has 0 spiro atoms. The van der Waals surface area contributed by atoms with Crippen molar-refractivity contribution < 1.29 is 28.7 Å². The molecule has 3 amide bonds. The van der Waals surface area contributed by atoms with Crippen molar-refractivity contribution in [3.05, 3.63) is 54.1 Å². The van der Waals surface area contributed by atoms with Crippen LogP contribution in [-0.4, -0.2) is 50.5 Å². The van der Waals surface area contributed by atoms with Crippen molar-refractivity contribution >= 4 is 35.1 Å². The number of ether oxygens (including phenoxy) is 2. The second-order valence-corrected chi connectivity index (χ2v) is 7.14. The van der Waals surface area contributed by atoms with E-state index in [9.17, 15) is 19.2 Å². The number of carbonyl (C=O) groups is 4. The van der Waals surface area contributed by atoms with Crippen LogP contribution in [-0.2, 0) is 30.3 Å². The summed E-state index contributed by atoms with van der Waals surface area (Å²) >= 11 is 0. The van der Waals surface area contributed by atoms with E-state index in [4.69, 9.17) is 4.74 Å². The molecule has 1 aliphatic heterocycles. The number of hydrogen-bond acceptors (Lipinski definition) is 6. The van der Waals surface area contributed by atoms with Crippen LogP contribution < -0.4 is 20.3 Å². The number of rotatable bonds is 8. The van der Waals surface area contributed by atoms with Gasteiger partial charge in [-0.3, -0.25) is 19.2 Å². The van der Waals surface area contributed by atoms with Crippen LogP contribution >= 0.6 is 0 Å². The van der Waals surface area contributed by atoms with E-state index >= 15 is 0 Å². The summed E-state index contributed by atoms with van der Waals surface area (Å²) in [6, 6.07) is 14.1. The van der Waals surface area contributed by atoms with Gasteiger partial charge in [0.25, 0.3) is 0 Å². The Morgan fingerprint density at radius 3 is 2.50 bits per heavy atom.